The number of hydrogen-bond donors (Lipinski definition) is 1. The molecule has 1 atom stereocenters. The van der Waals surface area contributed by atoms with Gasteiger partial charge in [0.25, 0.3) is 0 Å². The van der Waals surface area contributed by atoms with Crippen LogP contribution in [0.15, 0.2) is 29.2 Å². The maximum Gasteiger partial charge on any atom is 0.177 e. The van der Waals surface area contributed by atoms with E-state index in [1.54, 1.807) is 18.2 Å². The molecule has 96 valence electrons. The van der Waals surface area contributed by atoms with Gasteiger partial charge in [-0.3, -0.25) is 0 Å². The molecule has 0 bridgehead atoms. The second-order valence-corrected chi connectivity index (χ2v) is 6.71. The topological polar surface area (TPSA) is 46.2 Å². The molecule has 0 radical (unpaired) electrons. The van der Waals surface area contributed by atoms with Gasteiger partial charge in [0, 0.05) is 18.2 Å². The predicted molar refractivity (Wildman–Crippen MR) is 72.5 cm³/mol. The van der Waals surface area contributed by atoms with Gasteiger partial charge in [-0.2, -0.15) is 0 Å². The van der Waals surface area contributed by atoms with Crippen molar-refractivity contribution in [3.63, 3.8) is 0 Å². The van der Waals surface area contributed by atoms with Crippen LogP contribution in [0.25, 0.3) is 0 Å². The fraction of sp³-hybridized carbons (Fsp3) is 0.500. The van der Waals surface area contributed by atoms with E-state index in [4.69, 9.17) is 11.6 Å². The van der Waals surface area contributed by atoms with Crippen LogP contribution in [0.2, 0.25) is 0 Å². The lowest BCUT2D eigenvalue weighted by Crippen LogP contribution is -2.28. The van der Waals surface area contributed by atoms with E-state index < -0.39 is 9.84 Å². The summed E-state index contributed by atoms with van der Waals surface area (Å²) in [5, 5.41) is 3.19. The monoisotopic (exact) mass is 275 g/mol. The lowest BCUT2D eigenvalue weighted by molar-refractivity contribution is 0.562. The molecule has 3 nitrogen and oxygen atoms in total. The number of hydrogen-bond acceptors (Lipinski definition) is 3. The summed E-state index contributed by atoms with van der Waals surface area (Å²) in [6, 6.07) is 6.94. The van der Waals surface area contributed by atoms with Crippen LogP contribution in [-0.4, -0.2) is 26.6 Å². The van der Waals surface area contributed by atoms with E-state index in [0.29, 0.717) is 22.4 Å². The minimum atomic E-state index is -3.22. The van der Waals surface area contributed by atoms with Gasteiger partial charge < -0.3 is 5.32 Å². The van der Waals surface area contributed by atoms with Crippen LogP contribution >= 0.6 is 11.6 Å². The molecule has 0 aliphatic rings. The molecule has 0 saturated heterocycles. The third-order valence-electron chi connectivity index (χ3n) is 2.60. The van der Waals surface area contributed by atoms with E-state index in [-0.39, 0.29) is 6.04 Å². The van der Waals surface area contributed by atoms with E-state index in [0.717, 1.165) is 0 Å². The van der Waals surface area contributed by atoms with E-state index in [2.05, 4.69) is 5.32 Å². The van der Waals surface area contributed by atoms with Crippen molar-refractivity contribution in [3.8, 4) is 0 Å². The Morgan fingerprint density at radius 1 is 1.29 bits per heavy atom. The van der Waals surface area contributed by atoms with E-state index in [1.807, 2.05) is 19.9 Å². The Kier molecular flexibility index (Phi) is 4.83. The molecule has 1 aromatic carbocycles. The van der Waals surface area contributed by atoms with Crippen molar-refractivity contribution in [3.05, 3.63) is 24.3 Å². The summed E-state index contributed by atoms with van der Waals surface area (Å²) in [4.78, 5) is 0.316. The minimum absolute atomic E-state index is 0.0552. The Labute approximate surface area is 108 Å². The van der Waals surface area contributed by atoms with Crippen LogP contribution in [-0.2, 0) is 9.84 Å². The highest BCUT2D eigenvalue weighted by Crippen LogP contribution is 2.23. The highest BCUT2D eigenvalue weighted by molar-refractivity contribution is 7.90. The van der Waals surface area contributed by atoms with Crippen LogP contribution in [0.1, 0.15) is 13.8 Å². The SMILES string of the molecule is CC(C)C(CCl)Nc1ccccc1S(C)(=O)=O. The van der Waals surface area contributed by atoms with Gasteiger partial charge in [0.05, 0.1) is 10.6 Å². The number of para-hydroxylation sites is 1. The average molecular weight is 276 g/mol. The first kappa shape index (κ1) is 14.3. The maximum absolute atomic E-state index is 11.6. The molecule has 0 heterocycles. The molecule has 1 aromatic rings. The molecule has 1 rings (SSSR count). The number of alkyl halides is 1. The van der Waals surface area contributed by atoms with E-state index in [9.17, 15) is 8.42 Å². The van der Waals surface area contributed by atoms with Crippen LogP contribution in [0.5, 0.6) is 0 Å². The highest BCUT2D eigenvalue weighted by Gasteiger charge is 2.17. The van der Waals surface area contributed by atoms with Gasteiger partial charge in [0.2, 0.25) is 0 Å². The van der Waals surface area contributed by atoms with Crippen molar-refractivity contribution in [1.29, 1.82) is 0 Å². The lowest BCUT2D eigenvalue weighted by Gasteiger charge is -2.22. The van der Waals surface area contributed by atoms with Crippen molar-refractivity contribution < 1.29 is 8.42 Å². The van der Waals surface area contributed by atoms with Crippen LogP contribution in [0, 0.1) is 5.92 Å². The average Bonchev–Trinajstić information content (AvgIpc) is 2.24. The predicted octanol–water partition coefficient (Wildman–Crippen LogP) is 2.77. The second-order valence-electron chi connectivity index (χ2n) is 4.42. The Morgan fingerprint density at radius 2 is 1.88 bits per heavy atom. The summed E-state index contributed by atoms with van der Waals surface area (Å²) in [5.41, 5.74) is 0.620. The smallest absolute Gasteiger partial charge is 0.177 e. The Balaban J connectivity index is 3.07. The van der Waals surface area contributed by atoms with Crippen LogP contribution in [0.4, 0.5) is 5.69 Å². The molecule has 0 aliphatic heterocycles. The standard InChI is InChI=1S/C12H18ClNO2S/c1-9(2)11(8-13)14-10-6-4-5-7-12(10)17(3,15)16/h4-7,9,11,14H,8H2,1-3H3. The van der Waals surface area contributed by atoms with Crippen molar-refractivity contribution in [2.24, 2.45) is 5.92 Å². The first-order valence-electron chi connectivity index (χ1n) is 5.48. The zero-order valence-electron chi connectivity index (χ0n) is 10.3. The van der Waals surface area contributed by atoms with Gasteiger partial charge in [0.15, 0.2) is 9.84 Å². The van der Waals surface area contributed by atoms with E-state index in [1.165, 1.54) is 6.26 Å². The minimum Gasteiger partial charge on any atom is -0.380 e. The van der Waals surface area contributed by atoms with Crippen molar-refractivity contribution in [2.45, 2.75) is 24.8 Å². The summed E-state index contributed by atoms with van der Waals surface area (Å²) < 4.78 is 23.2. The molecule has 0 aromatic heterocycles. The molecule has 0 fully saturated rings. The zero-order valence-corrected chi connectivity index (χ0v) is 11.8. The lowest BCUT2D eigenvalue weighted by atomic mass is 10.1. The zero-order chi connectivity index (χ0) is 13.1. The summed E-state index contributed by atoms with van der Waals surface area (Å²) in [7, 11) is -3.22. The number of sulfone groups is 1. The van der Waals surface area contributed by atoms with Crippen molar-refractivity contribution >= 4 is 27.1 Å². The number of halogens is 1. The Hall–Kier alpha value is -0.740. The van der Waals surface area contributed by atoms with Gasteiger partial charge in [0.1, 0.15) is 0 Å². The van der Waals surface area contributed by atoms with Gasteiger partial charge in [-0.1, -0.05) is 26.0 Å². The molecular formula is C12H18ClNO2S. The number of benzene rings is 1. The van der Waals surface area contributed by atoms with Gasteiger partial charge in [-0.15, -0.1) is 11.6 Å². The third kappa shape index (κ3) is 3.89. The quantitative estimate of drug-likeness (QED) is 0.841. The number of nitrogens with one attached hydrogen (secondary N) is 1. The number of rotatable bonds is 5. The van der Waals surface area contributed by atoms with Crippen LogP contribution < -0.4 is 5.32 Å². The van der Waals surface area contributed by atoms with Crippen LogP contribution in [0.3, 0.4) is 0 Å². The number of anilines is 1. The third-order valence-corrected chi connectivity index (χ3v) is 4.09. The fourth-order valence-corrected chi connectivity index (χ4v) is 2.78. The molecule has 0 amide bonds. The van der Waals surface area contributed by atoms with E-state index >= 15 is 0 Å². The van der Waals surface area contributed by atoms with Crippen molar-refractivity contribution in [2.75, 3.05) is 17.5 Å². The fourth-order valence-electron chi connectivity index (χ4n) is 1.49. The first-order valence-corrected chi connectivity index (χ1v) is 7.90. The maximum atomic E-state index is 11.6. The molecule has 1 N–H and O–H groups in total. The summed E-state index contributed by atoms with van der Waals surface area (Å²) >= 11 is 5.87. The van der Waals surface area contributed by atoms with Gasteiger partial charge in [-0.05, 0) is 18.1 Å². The van der Waals surface area contributed by atoms with Crippen molar-refractivity contribution in [1.82, 2.24) is 0 Å². The molecule has 5 heteroatoms. The van der Waals surface area contributed by atoms with Gasteiger partial charge in [-0.25, -0.2) is 8.42 Å². The summed E-state index contributed by atoms with van der Waals surface area (Å²) in [5.74, 6) is 0.774. The molecule has 0 spiro atoms. The largest absolute Gasteiger partial charge is 0.380 e. The molecule has 0 saturated carbocycles. The molecule has 0 aliphatic carbocycles. The molecule has 1 unspecified atom stereocenters. The summed E-state index contributed by atoms with van der Waals surface area (Å²) in [6.07, 6.45) is 1.21. The molecular weight excluding hydrogens is 258 g/mol. The molecule has 17 heavy (non-hydrogen) atoms. The second kappa shape index (κ2) is 5.74. The Morgan fingerprint density at radius 3 is 2.35 bits per heavy atom. The normalized spacial score (nSPS) is 13.7. The van der Waals surface area contributed by atoms with Gasteiger partial charge >= 0.3 is 0 Å². The summed E-state index contributed by atoms with van der Waals surface area (Å²) in [6.45, 7) is 4.09. The highest BCUT2D eigenvalue weighted by atomic mass is 35.5. The first-order chi connectivity index (χ1) is 7.86. The Bertz CT molecular complexity index is 471.